The van der Waals surface area contributed by atoms with E-state index in [1.807, 2.05) is 66.7 Å². The Labute approximate surface area is 235 Å². The molecule has 0 aliphatic rings. The van der Waals surface area contributed by atoms with Gasteiger partial charge in [-0.3, -0.25) is 0 Å². The molecular formula is C38H24O. The van der Waals surface area contributed by atoms with Gasteiger partial charge >= 0.3 is 0 Å². The fourth-order valence-corrected chi connectivity index (χ4v) is 5.87. The van der Waals surface area contributed by atoms with Gasteiger partial charge in [-0.2, -0.15) is 0 Å². The van der Waals surface area contributed by atoms with Gasteiger partial charge in [0.1, 0.15) is 11.2 Å². The summed E-state index contributed by atoms with van der Waals surface area (Å²) in [5.41, 5.74) is 5.78. The van der Waals surface area contributed by atoms with E-state index in [9.17, 15) is 0 Å². The topological polar surface area (TPSA) is 13.1 Å². The van der Waals surface area contributed by atoms with Gasteiger partial charge < -0.3 is 4.42 Å². The lowest BCUT2D eigenvalue weighted by Gasteiger charge is -2.19. The van der Waals surface area contributed by atoms with E-state index in [-0.39, 0.29) is 29.7 Å². The van der Waals surface area contributed by atoms with Crippen molar-refractivity contribution in [1.29, 1.82) is 0 Å². The second-order valence-corrected chi connectivity index (χ2v) is 9.63. The zero-order valence-electron chi connectivity index (χ0n) is 26.8. The molecule has 8 aromatic rings. The van der Waals surface area contributed by atoms with Crippen molar-refractivity contribution in [2.75, 3.05) is 0 Å². The van der Waals surface area contributed by atoms with Crippen molar-refractivity contribution in [3.63, 3.8) is 0 Å². The van der Waals surface area contributed by atoms with Crippen molar-refractivity contribution >= 4 is 43.5 Å². The first kappa shape index (κ1) is 16.7. The van der Waals surface area contributed by atoms with E-state index in [0.717, 1.165) is 54.6 Å². The Morgan fingerprint density at radius 2 is 1.03 bits per heavy atom. The number of hydrogen-bond donors (Lipinski definition) is 0. The van der Waals surface area contributed by atoms with Crippen LogP contribution in [0.1, 0.15) is 8.22 Å². The Kier molecular flexibility index (Phi) is 3.72. The smallest absolute Gasteiger partial charge is 0.136 e. The van der Waals surface area contributed by atoms with Gasteiger partial charge in [-0.1, -0.05) is 127 Å². The van der Waals surface area contributed by atoms with E-state index in [2.05, 4.69) is 24.3 Å². The highest BCUT2D eigenvalue weighted by Crippen LogP contribution is 2.47. The highest BCUT2D eigenvalue weighted by atomic mass is 16.3. The minimum Gasteiger partial charge on any atom is -0.456 e. The quantitative estimate of drug-likeness (QED) is 0.219. The Bertz CT molecular complexity index is 2410. The molecule has 0 aliphatic heterocycles. The van der Waals surface area contributed by atoms with Crippen LogP contribution in [-0.2, 0) is 0 Å². The van der Waals surface area contributed by atoms with E-state index < -0.39 is 6.04 Å². The number of fused-ring (bicyclic) bond motifs is 5. The van der Waals surface area contributed by atoms with Crippen LogP contribution in [0.15, 0.2) is 150 Å². The summed E-state index contributed by atoms with van der Waals surface area (Å²) in [7, 11) is 0. The molecule has 1 heteroatoms. The molecule has 182 valence electrons. The van der Waals surface area contributed by atoms with Crippen LogP contribution in [0.2, 0.25) is 0 Å². The maximum Gasteiger partial charge on any atom is 0.136 e. The van der Waals surface area contributed by atoms with Crippen LogP contribution in [0.4, 0.5) is 0 Å². The lowest BCUT2D eigenvalue weighted by Crippen LogP contribution is -1.92. The van der Waals surface area contributed by atoms with Crippen molar-refractivity contribution in [3.05, 3.63) is 145 Å². The highest BCUT2D eigenvalue weighted by molar-refractivity contribution is 6.26. The van der Waals surface area contributed by atoms with Gasteiger partial charge in [-0.15, -0.1) is 0 Å². The zero-order valence-corrected chi connectivity index (χ0v) is 20.8. The van der Waals surface area contributed by atoms with Crippen LogP contribution in [0.25, 0.3) is 76.9 Å². The molecule has 1 heterocycles. The summed E-state index contributed by atoms with van der Waals surface area (Å²) in [6, 6.07) is 34.4. The molecule has 0 fully saturated rings. The first-order valence-electron chi connectivity index (χ1n) is 15.9. The Hall–Kier alpha value is -5.14. The van der Waals surface area contributed by atoms with Crippen LogP contribution in [0, 0.1) is 0 Å². The van der Waals surface area contributed by atoms with Crippen molar-refractivity contribution in [1.82, 2.24) is 0 Å². The van der Waals surface area contributed by atoms with Crippen LogP contribution >= 0.6 is 0 Å². The summed E-state index contributed by atoms with van der Waals surface area (Å²) in [5.74, 6) is 0. The second-order valence-electron chi connectivity index (χ2n) is 9.63. The van der Waals surface area contributed by atoms with E-state index >= 15 is 0 Å². The third-order valence-corrected chi connectivity index (χ3v) is 7.47. The monoisotopic (exact) mass is 502 g/mol. The first-order chi connectivity index (χ1) is 21.8. The van der Waals surface area contributed by atoms with Crippen molar-refractivity contribution in [3.8, 4) is 33.4 Å². The highest BCUT2D eigenvalue weighted by Gasteiger charge is 2.21. The maximum atomic E-state index is 8.75. The van der Waals surface area contributed by atoms with E-state index in [1.54, 1.807) is 18.2 Å². The standard InChI is InChI=1S/C38H24O/c1-3-13-25(14-4-1)27-23-33(38-32-21-11-12-22-34(32)39-35(38)24-27)37-30-19-9-7-17-28(30)36(26-15-5-2-6-16-26)29-18-8-10-20-31(29)37/h1-24H/i1D,2D,3D,4D,13D,14D. The Morgan fingerprint density at radius 3 is 1.69 bits per heavy atom. The lowest BCUT2D eigenvalue weighted by atomic mass is 9.84. The molecule has 1 aromatic heterocycles. The van der Waals surface area contributed by atoms with Crippen LogP contribution in [0.5, 0.6) is 0 Å². The van der Waals surface area contributed by atoms with Gasteiger partial charge in [0.25, 0.3) is 0 Å². The molecule has 39 heavy (non-hydrogen) atoms. The number of para-hydroxylation sites is 1. The molecule has 0 bridgehead atoms. The summed E-state index contributed by atoms with van der Waals surface area (Å²) in [5, 5.41) is 5.91. The minimum absolute atomic E-state index is 0.130. The summed E-state index contributed by atoms with van der Waals surface area (Å²) >= 11 is 0. The van der Waals surface area contributed by atoms with Crippen LogP contribution in [0.3, 0.4) is 0 Å². The largest absolute Gasteiger partial charge is 0.456 e. The Morgan fingerprint density at radius 1 is 0.436 bits per heavy atom. The first-order valence-corrected chi connectivity index (χ1v) is 12.9. The molecule has 0 spiro atoms. The molecule has 0 radical (unpaired) electrons. The number of hydrogen-bond acceptors (Lipinski definition) is 1. The molecular weight excluding hydrogens is 472 g/mol. The van der Waals surface area contributed by atoms with Crippen molar-refractivity contribution < 1.29 is 12.6 Å². The molecule has 0 atom stereocenters. The third kappa shape index (κ3) is 3.41. The molecule has 0 N–H and O–H groups in total. The fraction of sp³-hybridized carbons (Fsp3) is 0. The van der Waals surface area contributed by atoms with Crippen molar-refractivity contribution in [2.45, 2.75) is 0 Å². The predicted octanol–water partition coefficient (Wildman–Crippen LogP) is 10.9. The minimum atomic E-state index is -0.426. The van der Waals surface area contributed by atoms with E-state index in [4.69, 9.17) is 12.6 Å². The zero-order chi connectivity index (χ0) is 31.0. The summed E-state index contributed by atoms with van der Waals surface area (Å²) < 4.78 is 56.8. The van der Waals surface area contributed by atoms with Gasteiger partial charge in [0.15, 0.2) is 0 Å². The van der Waals surface area contributed by atoms with Gasteiger partial charge in [-0.25, -0.2) is 0 Å². The van der Waals surface area contributed by atoms with Gasteiger partial charge in [0.05, 0.1) is 8.22 Å². The van der Waals surface area contributed by atoms with Gasteiger partial charge in [0, 0.05) is 10.8 Å². The predicted molar refractivity (Wildman–Crippen MR) is 165 cm³/mol. The molecule has 8 rings (SSSR count). The average Bonchev–Trinajstić information content (AvgIpc) is 3.44. The van der Waals surface area contributed by atoms with Gasteiger partial charge in [0.2, 0.25) is 0 Å². The average molecular weight is 503 g/mol. The molecule has 0 aliphatic carbocycles. The lowest BCUT2D eigenvalue weighted by molar-refractivity contribution is 0.669. The van der Waals surface area contributed by atoms with Crippen molar-refractivity contribution in [2.24, 2.45) is 0 Å². The molecule has 0 unspecified atom stereocenters. The van der Waals surface area contributed by atoms with E-state index in [1.165, 1.54) is 0 Å². The molecule has 0 saturated carbocycles. The molecule has 0 saturated heterocycles. The molecule has 1 nitrogen and oxygen atoms in total. The fourth-order valence-electron chi connectivity index (χ4n) is 5.87. The number of benzene rings is 7. The Balaban J connectivity index is 1.57. The van der Waals surface area contributed by atoms with E-state index in [0.29, 0.717) is 22.8 Å². The number of rotatable bonds is 3. The molecule has 0 amide bonds. The third-order valence-electron chi connectivity index (χ3n) is 7.47. The van der Waals surface area contributed by atoms with Crippen LogP contribution < -0.4 is 0 Å². The van der Waals surface area contributed by atoms with Crippen LogP contribution in [-0.4, -0.2) is 0 Å². The SMILES string of the molecule is [2H]c1ccc(-c2c3ccccc3c(-c3cc(-c4c([2H])c([2H])c([2H])c([2H])c4[2H])cc4oc5ccccc5c34)c3ccccc23)cc1. The summed E-state index contributed by atoms with van der Waals surface area (Å²) in [6.07, 6.45) is 0. The maximum absolute atomic E-state index is 8.75. The summed E-state index contributed by atoms with van der Waals surface area (Å²) in [4.78, 5) is 0. The normalized spacial score (nSPS) is 13.7. The molecule has 7 aromatic carbocycles. The second kappa shape index (κ2) is 8.72. The number of furan rings is 1. The van der Waals surface area contributed by atoms with Gasteiger partial charge in [-0.05, 0) is 73.1 Å². The summed E-state index contributed by atoms with van der Waals surface area (Å²) in [6.45, 7) is 0.